The van der Waals surface area contributed by atoms with Crippen LogP contribution in [-0.4, -0.2) is 22.2 Å². The molecule has 0 amide bonds. The Balaban J connectivity index is 3.95. The molecule has 0 spiro atoms. The molecule has 0 bridgehead atoms. The van der Waals surface area contributed by atoms with Crippen LogP contribution in [0.15, 0.2) is 11.6 Å². The second-order valence-electron chi connectivity index (χ2n) is 1.90. The Morgan fingerprint density at radius 1 is 1.40 bits per heavy atom. The molecule has 56 valence electrons. The summed E-state index contributed by atoms with van der Waals surface area (Å²) in [6, 6.07) is 0. The third-order valence-corrected chi connectivity index (χ3v) is 0.800. The van der Waals surface area contributed by atoms with Crippen molar-refractivity contribution in [3.05, 3.63) is 11.6 Å². The molecule has 0 saturated carbocycles. The zero-order valence-corrected chi connectivity index (χ0v) is 5.50. The third-order valence-electron chi connectivity index (χ3n) is 0.800. The van der Waals surface area contributed by atoms with Crippen molar-refractivity contribution in [3.63, 3.8) is 0 Å². The Bertz CT molecular complexity index is 180. The van der Waals surface area contributed by atoms with Crippen LogP contribution in [0.2, 0.25) is 0 Å². The van der Waals surface area contributed by atoms with E-state index in [1.54, 1.807) is 0 Å². The summed E-state index contributed by atoms with van der Waals surface area (Å²) < 4.78 is 0. The summed E-state index contributed by atoms with van der Waals surface area (Å²) >= 11 is 0. The van der Waals surface area contributed by atoms with Crippen molar-refractivity contribution in [3.8, 4) is 0 Å². The Hall–Kier alpha value is -1.32. The molecule has 0 atom stereocenters. The van der Waals surface area contributed by atoms with E-state index >= 15 is 0 Å². The van der Waals surface area contributed by atoms with Crippen LogP contribution in [-0.2, 0) is 9.59 Å². The van der Waals surface area contributed by atoms with Gasteiger partial charge in [-0.25, -0.2) is 4.79 Å². The average molecular weight is 144 g/mol. The van der Waals surface area contributed by atoms with Crippen molar-refractivity contribution < 1.29 is 19.8 Å². The van der Waals surface area contributed by atoms with Crippen LogP contribution in [0.5, 0.6) is 0 Å². The van der Waals surface area contributed by atoms with Gasteiger partial charge in [-0.1, -0.05) is 5.57 Å². The summed E-state index contributed by atoms with van der Waals surface area (Å²) in [6.07, 6.45) is 0.667. The van der Waals surface area contributed by atoms with Gasteiger partial charge in [-0.2, -0.15) is 0 Å². The van der Waals surface area contributed by atoms with E-state index in [1.165, 1.54) is 6.92 Å². The quantitative estimate of drug-likeness (QED) is 0.565. The molecular weight excluding hydrogens is 136 g/mol. The second-order valence-corrected chi connectivity index (χ2v) is 1.90. The van der Waals surface area contributed by atoms with Crippen LogP contribution in [0, 0.1) is 0 Å². The molecule has 0 aromatic rings. The van der Waals surface area contributed by atoms with Gasteiger partial charge in [-0.3, -0.25) is 4.79 Å². The fourth-order valence-corrected chi connectivity index (χ4v) is 0.500. The molecule has 4 heteroatoms. The molecule has 2 N–H and O–H groups in total. The number of hydrogen-bond donors (Lipinski definition) is 2. The van der Waals surface area contributed by atoms with Crippen LogP contribution < -0.4 is 0 Å². The summed E-state index contributed by atoms with van der Waals surface area (Å²) in [5, 5.41) is 16.3. The van der Waals surface area contributed by atoms with Crippen molar-refractivity contribution in [1.82, 2.24) is 0 Å². The highest BCUT2D eigenvalue weighted by Crippen LogP contribution is 1.97. The van der Waals surface area contributed by atoms with E-state index in [9.17, 15) is 9.59 Å². The van der Waals surface area contributed by atoms with Gasteiger partial charge in [0.15, 0.2) is 0 Å². The number of aliphatic carboxylic acids is 2. The highest BCUT2D eigenvalue weighted by Gasteiger charge is 1.99. The fraction of sp³-hybridized carbons (Fsp3) is 0.333. The Morgan fingerprint density at radius 3 is 2.20 bits per heavy atom. The van der Waals surface area contributed by atoms with E-state index in [4.69, 9.17) is 10.2 Å². The third kappa shape index (κ3) is 4.83. The van der Waals surface area contributed by atoms with Crippen LogP contribution in [0.1, 0.15) is 13.3 Å². The molecule has 10 heavy (non-hydrogen) atoms. The lowest BCUT2D eigenvalue weighted by Gasteiger charge is -1.91. The fourth-order valence-electron chi connectivity index (χ4n) is 0.500. The number of carboxylic acids is 2. The van der Waals surface area contributed by atoms with Gasteiger partial charge in [0, 0.05) is 6.08 Å². The van der Waals surface area contributed by atoms with Gasteiger partial charge in [-0.15, -0.1) is 0 Å². The van der Waals surface area contributed by atoms with Gasteiger partial charge in [0.25, 0.3) is 0 Å². The zero-order valence-electron chi connectivity index (χ0n) is 5.50. The predicted molar refractivity (Wildman–Crippen MR) is 33.6 cm³/mol. The van der Waals surface area contributed by atoms with Crippen LogP contribution in [0.4, 0.5) is 0 Å². The Morgan fingerprint density at radius 2 is 1.90 bits per heavy atom. The summed E-state index contributed by atoms with van der Waals surface area (Å²) in [6.45, 7) is 1.46. The number of carboxylic acid groups (broad SMARTS) is 2. The van der Waals surface area contributed by atoms with Crippen molar-refractivity contribution in [2.75, 3.05) is 0 Å². The number of carbonyl (C=O) groups is 2. The number of rotatable bonds is 3. The molecular formula is C6H8O4. The minimum Gasteiger partial charge on any atom is -0.481 e. The molecule has 0 aromatic heterocycles. The van der Waals surface area contributed by atoms with E-state index in [-0.39, 0.29) is 6.42 Å². The lowest BCUT2D eigenvalue weighted by molar-refractivity contribution is -0.136. The molecule has 0 aromatic carbocycles. The van der Waals surface area contributed by atoms with E-state index in [0.29, 0.717) is 5.57 Å². The largest absolute Gasteiger partial charge is 0.481 e. The van der Waals surface area contributed by atoms with Gasteiger partial charge < -0.3 is 10.2 Å². The molecule has 0 aliphatic heterocycles. The first-order valence-corrected chi connectivity index (χ1v) is 2.64. The van der Waals surface area contributed by atoms with Crippen LogP contribution in [0.25, 0.3) is 0 Å². The lowest BCUT2D eigenvalue weighted by Crippen LogP contribution is -1.97. The SMILES string of the molecule is C/C(=C/C(=O)O)CC(=O)O. The van der Waals surface area contributed by atoms with E-state index in [2.05, 4.69) is 0 Å². The minimum atomic E-state index is -1.11. The monoisotopic (exact) mass is 144 g/mol. The Labute approximate surface area is 57.8 Å². The zero-order chi connectivity index (χ0) is 8.15. The highest BCUT2D eigenvalue weighted by molar-refractivity contribution is 5.82. The summed E-state index contributed by atoms with van der Waals surface area (Å²) in [4.78, 5) is 19.9. The van der Waals surface area contributed by atoms with Gasteiger partial charge in [-0.05, 0) is 6.92 Å². The van der Waals surface area contributed by atoms with Crippen molar-refractivity contribution >= 4 is 11.9 Å². The van der Waals surface area contributed by atoms with E-state index in [0.717, 1.165) is 6.08 Å². The normalized spacial score (nSPS) is 11.1. The molecule has 4 nitrogen and oxygen atoms in total. The topological polar surface area (TPSA) is 74.6 Å². The maximum Gasteiger partial charge on any atom is 0.328 e. The van der Waals surface area contributed by atoms with Crippen molar-refractivity contribution in [2.24, 2.45) is 0 Å². The van der Waals surface area contributed by atoms with Crippen LogP contribution in [0.3, 0.4) is 0 Å². The highest BCUT2D eigenvalue weighted by atomic mass is 16.4. The van der Waals surface area contributed by atoms with E-state index in [1.807, 2.05) is 0 Å². The van der Waals surface area contributed by atoms with Gasteiger partial charge >= 0.3 is 11.9 Å². The minimum absolute atomic E-state index is 0.216. The molecule has 0 rings (SSSR count). The molecule has 0 aliphatic carbocycles. The first-order valence-electron chi connectivity index (χ1n) is 2.64. The van der Waals surface area contributed by atoms with Gasteiger partial charge in [0.05, 0.1) is 6.42 Å². The molecule has 0 saturated heterocycles. The van der Waals surface area contributed by atoms with E-state index < -0.39 is 11.9 Å². The van der Waals surface area contributed by atoms with Crippen molar-refractivity contribution in [2.45, 2.75) is 13.3 Å². The average Bonchev–Trinajstić information content (AvgIpc) is 1.58. The standard InChI is InChI=1S/C6H8O4/c1-4(2-5(7)8)3-6(9)10/h2H,3H2,1H3,(H,7,8)(H,9,10)/b4-2-. The van der Waals surface area contributed by atoms with Crippen molar-refractivity contribution in [1.29, 1.82) is 0 Å². The lowest BCUT2D eigenvalue weighted by atomic mass is 10.2. The van der Waals surface area contributed by atoms with Gasteiger partial charge in [0.1, 0.15) is 0 Å². The Kier molecular flexibility index (Phi) is 3.17. The molecule has 0 unspecified atom stereocenters. The van der Waals surface area contributed by atoms with Crippen LogP contribution >= 0.6 is 0 Å². The molecule has 0 aliphatic rings. The van der Waals surface area contributed by atoms with Gasteiger partial charge in [0.2, 0.25) is 0 Å². The maximum atomic E-state index is 9.96. The summed E-state index contributed by atoms with van der Waals surface area (Å²) in [5.74, 6) is -2.13. The first kappa shape index (κ1) is 8.68. The molecule has 0 radical (unpaired) electrons. The predicted octanol–water partition coefficient (Wildman–Crippen LogP) is 0.492. The second kappa shape index (κ2) is 3.66. The first-order chi connectivity index (χ1) is 4.52. The number of hydrogen-bond acceptors (Lipinski definition) is 2. The summed E-state index contributed by atoms with van der Waals surface area (Å²) in [5.41, 5.74) is 0.333. The molecule has 0 fully saturated rings. The smallest absolute Gasteiger partial charge is 0.328 e. The summed E-state index contributed by atoms with van der Waals surface area (Å²) in [7, 11) is 0. The maximum absolute atomic E-state index is 9.96. The molecule has 0 heterocycles.